The minimum atomic E-state index is -3.87. The number of nitrogens with one attached hydrogen (secondary N) is 1. The molecule has 24 heavy (non-hydrogen) atoms. The quantitative estimate of drug-likeness (QED) is 0.795. The fraction of sp³-hybridized carbons (Fsp3) is 0.133. The Bertz CT molecular complexity index is 937. The maximum atomic E-state index is 12.3. The Labute approximate surface area is 140 Å². The van der Waals surface area contributed by atoms with Crippen molar-refractivity contribution in [2.45, 2.75) is 9.79 Å². The molecule has 2 rings (SSSR count). The van der Waals surface area contributed by atoms with Crippen LogP contribution in [0.5, 0.6) is 0 Å². The molecule has 0 radical (unpaired) electrons. The van der Waals surface area contributed by atoms with Gasteiger partial charge in [-0.25, -0.2) is 16.8 Å². The molecule has 0 aliphatic carbocycles. The maximum Gasteiger partial charge on any atom is 0.266 e. The van der Waals surface area contributed by atoms with Gasteiger partial charge >= 0.3 is 0 Å². The average molecular weight is 368 g/mol. The molecule has 0 aliphatic rings. The van der Waals surface area contributed by atoms with Crippen molar-refractivity contribution in [2.24, 2.45) is 0 Å². The van der Waals surface area contributed by atoms with Crippen LogP contribution in [-0.2, 0) is 19.9 Å². The first-order valence-electron chi connectivity index (χ1n) is 6.77. The number of nitrogens with zero attached hydrogens (tertiary/aromatic N) is 1. The van der Waals surface area contributed by atoms with Gasteiger partial charge in [0.25, 0.3) is 15.9 Å². The van der Waals surface area contributed by atoms with E-state index in [1.807, 2.05) is 0 Å². The third kappa shape index (κ3) is 3.99. The second-order valence-electron chi connectivity index (χ2n) is 5.02. The summed E-state index contributed by atoms with van der Waals surface area (Å²) in [4.78, 5) is 12.2. The first kappa shape index (κ1) is 18.1. The molecular weight excluding hydrogens is 352 g/mol. The highest BCUT2D eigenvalue weighted by molar-refractivity contribution is 7.90. The third-order valence-electron chi connectivity index (χ3n) is 3.21. The van der Waals surface area contributed by atoms with Gasteiger partial charge in [0.15, 0.2) is 9.84 Å². The summed E-state index contributed by atoms with van der Waals surface area (Å²) in [6.07, 6.45) is 1.06. The number of sulfonamides is 1. The summed E-state index contributed by atoms with van der Waals surface area (Å²) in [6, 6.07) is 12.9. The van der Waals surface area contributed by atoms with Crippen molar-refractivity contribution in [2.75, 3.05) is 13.3 Å². The molecule has 128 valence electrons. The Morgan fingerprint density at radius 2 is 1.42 bits per heavy atom. The Morgan fingerprint density at radius 3 is 1.92 bits per heavy atom. The molecule has 0 saturated carbocycles. The van der Waals surface area contributed by atoms with Crippen LogP contribution in [0.2, 0.25) is 0 Å². The third-order valence-corrected chi connectivity index (χ3v) is 6.01. The van der Waals surface area contributed by atoms with Crippen LogP contribution in [0.4, 0.5) is 0 Å². The van der Waals surface area contributed by atoms with Gasteiger partial charge in [0.2, 0.25) is 0 Å². The molecule has 0 spiro atoms. The Hall–Kier alpha value is -2.23. The Balaban J connectivity index is 2.17. The van der Waals surface area contributed by atoms with Gasteiger partial charge in [0, 0.05) is 18.9 Å². The SMILES string of the molecule is CN(NC(=O)c1ccc(S(C)(=O)=O)cc1)S(=O)(=O)c1ccccc1. The lowest BCUT2D eigenvalue weighted by molar-refractivity contribution is 0.0893. The van der Waals surface area contributed by atoms with E-state index in [2.05, 4.69) is 5.43 Å². The summed E-state index contributed by atoms with van der Waals surface area (Å²) in [6.45, 7) is 0. The van der Waals surface area contributed by atoms with E-state index in [1.165, 1.54) is 43.4 Å². The van der Waals surface area contributed by atoms with E-state index in [4.69, 9.17) is 0 Å². The van der Waals surface area contributed by atoms with Crippen LogP contribution in [0.1, 0.15) is 10.4 Å². The molecule has 2 aromatic rings. The van der Waals surface area contributed by atoms with Crippen LogP contribution in [0, 0.1) is 0 Å². The second kappa shape index (κ2) is 6.71. The molecule has 1 N–H and O–H groups in total. The molecule has 0 fully saturated rings. The highest BCUT2D eigenvalue weighted by Crippen LogP contribution is 2.13. The summed E-state index contributed by atoms with van der Waals surface area (Å²) in [5, 5.41) is 0. The molecular formula is C15H16N2O5S2. The van der Waals surface area contributed by atoms with Crippen LogP contribution in [0.3, 0.4) is 0 Å². The number of hydrogen-bond donors (Lipinski definition) is 1. The van der Waals surface area contributed by atoms with Crippen molar-refractivity contribution in [1.82, 2.24) is 9.84 Å². The standard InChI is InChI=1S/C15H16N2O5S2/c1-17(24(21,22)14-6-4-3-5-7-14)16-15(18)12-8-10-13(11-9-12)23(2,19)20/h3-11H,1-2H3,(H,16,18). The largest absolute Gasteiger partial charge is 0.271 e. The molecule has 0 unspecified atom stereocenters. The monoisotopic (exact) mass is 368 g/mol. The molecule has 2 aromatic carbocycles. The molecule has 9 heteroatoms. The van der Waals surface area contributed by atoms with E-state index in [0.717, 1.165) is 10.7 Å². The van der Waals surface area contributed by atoms with Crippen molar-refractivity contribution in [3.63, 3.8) is 0 Å². The fourth-order valence-corrected chi connectivity index (χ4v) is 3.52. The van der Waals surface area contributed by atoms with Gasteiger partial charge in [-0.15, -0.1) is 4.41 Å². The van der Waals surface area contributed by atoms with E-state index in [9.17, 15) is 21.6 Å². The highest BCUT2D eigenvalue weighted by Gasteiger charge is 2.22. The molecule has 0 heterocycles. The lowest BCUT2D eigenvalue weighted by Gasteiger charge is -2.18. The van der Waals surface area contributed by atoms with Gasteiger partial charge in [0.1, 0.15) is 0 Å². The van der Waals surface area contributed by atoms with E-state index in [-0.39, 0.29) is 15.4 Å². The zero-order valence-electron chi connectivity index (χ0n) is 13.0. The van der Waals surface area contributed by atoms with E-state index < -0.39 is 25.8 Å². The normalized spacial score (nSPS) is 12.1. The van der Waals surface area contributed by atoms with Crippen molar-refractivity contribution < 1.29 is 21.6 Å². The van der Waals surface area contributed by atoms with Crippen LogP contribution < -0.4 is 5.43 Å². The number of benzene rings is 2. The number of rotatable bonds is 5. The van der Waals surface area contributed by atoms with Crippen molar-refractivity contribution in [3.8, 4) is 0 Å². The number of hydrogen-bond acceptors (Lipinski definition) is 5. The van der Waals surface area contributed by atoms with E-state index >= 15 is 0 Å². The van der Waals surface area contributed by atoms with Gasteiger partial charge in [-0.1, -0.05) is 18.2 Å². The number of amides is 1. The predicted molar refractivity (Wildman–Crippen MR) is 88.4 cm³/mol. The smallest absolute Gasteiger partial charge is 0.266 e. The van der Waals surface area contributed by atoms with Gasteiger partial charge in [-0.05, 0) is 36.4 Å². The molecule has 0 saturated heterocycles. The van der Waals surface area contributed by atoms with Crippen molar-refractivity contribution >= 4 is 25.8 Å². The summed E-state index contributed by atoms with van der Waals surface area (Å²) in [5.41, 5.74) is 2.39. The minimum absolute atomic E-state index is 0.0419. The van der Waals surface area contributed by atoms with Gasteiger partial charge in [-0.3, -0.25) is 10.2 Å². The topological polar surface area (TPSA) is 101 Å². The van der Waals surface area contributed by atoms with Gasteiger partial charge in [-0.2, -0.15) is 0 Å². The predicted octanol–water partition coefficient (Wildman–Crippen LogP) is 1.06. The molecule has 0 atom stereocenters. The van der Waals surface area contributed by atoms with Crippen LogP contribution in [0.25, 0.3) is 0 Å². The summed E-state index contributed by atoms with van der Waals surface area (Å²) < 4.78 is 48.1. The van der Waals surface area contributed by atoms with Crippen LogP contribution in [-0.4, -0.2) is 40.5 Å². The van der Waals surface area contributed by atoms with E-state index in [0.29, 0.717) is 0 Å². The average Bonchev–Trinajstić information content (AvgIpc) is 2.54. The Kier molecular flexibility index (Phi) is 5.07. The Morgan fingerprint density at radius 1 is 0.875 bits per heavy atom. The number of hydrazine groups is 1. The van der Waals surface area contributed by atoms with Crippen LogP contribution in [0.15, 0.2) is 64.4 Å². The van der Waals surface area contributed by atoms with Gasteiger partial charge in [0.05, 0.1) is 9.79 Å². The first-order valence-corrected chi connectivity index (χ1v) is 10.1. The number of sulfone groups is 1. The maximum absolute atomic E-state index is 12.3. The number of carbonyl (C=O) groups is 1. The molecule has 7 nitrogen and oxygen atoms in total. The zero-order valence-corrected chi connectivity index (χ0v) is 14.6. The van der Waals surface area contributed by atoms with E-state index in [1.54, 1.807) is 18.2 Å². The summed E-state index contributed by atoms with van der Waals surface area (Å²) in [7, 11) is -6.02. The summed E-state index contributed by atoms with van der Waals surface area (Å²) >= 11 is 0. The summed E-state index contributed by atoms with van der Waals surface area (Å²) in [5.74, 6) is -0.669. The van der Waals surface area contributed by atoms with Gasteiger partial charge < -0.3 is 0 Å². The number of carbonyl (C=O) groups excluding carboxylic acids is 1. The first-order chi connectivity index (χ1) is 11.1. The fourth-order valence-electron chi connectivity index (χ4n) is 1.87. The molecule has 0 aliphatic heterocycles. The second-order valence-corrected chi connectivity index (χ2v) is 9.01. The molecule has 0 aromatic heterocycles. The lowest BCUT2D eigenvalue weighted by atomic mass is 10.2. The minimum Gasteiger partial charge on any atom is -0.271 e. The van der Waals surface area contributed by atoms with Crippen molar-refractivity contribution in [1.29, 1.82) is 0 Å². The highest BCUT2D eigenvalue weighted by atomic mass is 32.2. The van der Waals surface area contributed by atoms with Crippen LogP contribution >= 0.6 is 0 Å². The lowest BCUT2D eigenvalue weighted by Crippen LogP contribution is -2.43. The molecule has 1 amide bonds. The zero-order chi connectivity index (χ0) is 18.0. The molecule has 0 bridgehead atoms. The van der Waals surface area contributed by atoms with Crippen molar-refractivity contribution in [3.05, 3.63) is 60.2 Å².